The van der Waals surface area contributed by atoms with Gasteiger partial charge in [0.1, 0.15) is 5.65 Å². The van der Waals surface area contributed by atoms with E-state index in [0.29, 0.717) is 18.1 Å². The van der Waals surface area contributed by atoms with Gasteiger partial charge in [-0.1, -0.05) is 19.3 Å². The standard InChI is InChI=1S/C20H21N3O4/c24-17-15(9-13-11-22-18-14(13)7-4-8-21-18)27-19(16(17)20(25)26)23-10-12-5-2-1-3-6-12/h4,7-9,11-12,23H,1-3,5-6,10H2,(H,21,22)(H,25,26)/b15-9-. The van der Waals surface area contributed by atoms with E-state index in [0.717, 1.165) is 23.8 Å². The van der Waals surface area contributed by atoms with Crippen LogP contribution in [0, 0.1) is 5.92 Å². The minimum Gasteiger partial charge on any atom is -0.477 e. The van der Waals surface area contributed by atoms with Crippen molar-refractivity contribution in [2.45, 2.75) is 32.1 Å². The van der Waals surface area contributed by atoms with E-state index in [1.165, 1.54) is 19.3 Å². The number of allylic oxidation sites excluding steroid dienone is 1. The third-order valence-electron chi connectivity index (χ3n) is 5.15. The molecule has 1 aliphatic carbocycles. The third-order valence-corrected chi connectivity index (χ3v) is 5.15. The zero-order valence-electron chi connectivity index (χ0n) is 14.8. The number of aromatic nitrogens is 2. The number of H-pyrrole nitrogens is 1. The topological polar surface area (TPSA) is 104 Å². The van der Waals surface area contributed by atoms with E-state index in [2.05, 4.69) is 15.3 Å². The molecule has 0 radical (unpaired) electrons. The van der Waals surface area contributed by atoms with E-state index in [1.807, 2.05) is 6.07 Å². The Kier molecular flexibility index (Phi) is 4.66. The van der Waals surface area contributed by atoms with Gasteiger partial charge < -0.3 is 20.1 Å². The average Bonchev–Trinajstić information content (AvgIpc) is 3.22. The van der Waals surface area contributed by atoms with Gasteiger partial charge >= 0.3 is 5.97 Å². The van der Waals surface area contributed by atoms with Crippen LogP contribution >= 0.6 is 0 Å². The third kappa shape index (κ3) is 3.45. The summed E-state index contributed by atoms with van der Waals surface area (Å²) in [5.74, 6) is -1.37. The van der Waals surface area contributed by atoms with Crippen molar-refractivity contribution in [2.75, 3.05) is 6.54 Å². The Bertz CT molecular complexity index is 951. The summed E-state index contributed by atoms with van der Waals surface area (Å²) in [6.07, 6.45) is 10.8. The van der Waals surface area contributed by atoms with Gasteiger partial charge in [-0.2, -0.15) is 0 Å². The molecule has 7 nitrogen and oxygen atoms in total. The maximum Gasteiger partial charge on any atom is 0.345 e. The summed E-state index contributed by atoms with van der Waals surface area (Å²) in [6.45, 7) is 0.615. The Morgan fingerprint density at radius 3 is 2.96 bits per heavy atom. The number of nitrogens with one attached hydrogen (secondary N) is 2. The number of aliphatic carboxylic acids is 1. The first kappa shape index (κ1) is 17.3. The molecule has 0 bridgehead atoms. The second-order valence-electron chi connectivity index (χ2n) is 6.98. The number of nitrogens with zero attached hydrogens (tertiary/aromatic N) is 1. The predicted molar refractivity (Wildman–Crippen MR) is 99.4 cm³/mol. The highest BCUT2D eigenvalue weighted by Gasteiger charge is 2.36. The van der Waals surface area contributed by atoms with Gasteiger partial charge in [0.15, 0.2) is 11.3 Å². The van der Waals surface area contributed by atoms with E-state index in [9.17, 15) is 14.7 Å². The fourth-order valence-corrected chi connectivity index (χ4v) is 3.71. The van der Waals surface area contributed by atoms with Crippen molar-refractivity contribution in [3.8, 4) is 0 Å². The number of Topliss-reactive ketones (excluding diaryl/α,β-unsaturated/α-hetero) is 1. The summed E-state index contributed by atoms with van der Waals surface area (Å²) in [7, 11) is 0. The molecule has 3 N–H and O–H groups in total. The Morgan fingerprint density at radius 1 is 1.37 bits per heavy atom. The number of aromatic amines is 1. The van der Waals surface area contributed by atoms with Crippen molar-refractivity contribution in [3.05, 3.63) is 47.3 Å². The number of rotatable bonds is 5. The molecule has 1 saturated carbocycles. The molecule has 0 amide bonds. The van der Waals surface area contributed by atoms with Gasteiger partial charge in [-0.3, -0.25) is 4.79 Å². The lowest BCUT2D eigenvalue weighted by molar-refractivity contribution is -0.134. The van der Waals surface area contributed by atoms with Gasteiger partial charge in [-0.25, -0.2) is 9.78 Å². The van der Waals surface area contributed by atoms with Crippen LogP contribution in [0.1, 0.15) is 37.7 Å². The predicted octanol–water partition coefficient (Wildman–Crippen LogP) is 2.97. The summed E-state index contributed by atoms with van der Waals surface area (Å²) in [5, 5.41) is 13.4. The van der Waals surface area contributed by atoms with Gasteiger partial charge in [0.25, 0.3) is 0 Å². The minimum absolute atomic E-state index is 0.00305. The van der Waals surface area contributed by atoms with Crippen molar-refractivity contribution < 1.29 is 19.4 Å². The Hall–Kier alpha value is -3.09. The quantitative estimate of drug-likeness (QED) is 0.554. The number of carbonyl (C=O) groups excluding carboxylic acids is 1. The molecular weight excluding hydrogens is 346 g/mol. The molecule has 0 unspecified atom stereocenters. The Balaban J connectivity index is 1.56. The molecule has 0 aromatic carbocycles. The molecule has 2 aliphatic rings. The number of carboxylic acid groups (broad SMARTS) is 1. The molecule has 1 aliphatic heterocycles. The first-order valence-electron chi connectivity index (χ1n) is 9.21. The van der Waals surface area contributed by atoms with Gasteiger partial charge in [-0.15, -0.1) is 0 Å². The number of hydrogen-bond acceptors (Lipinski definition) is 5. The van der Waals surface area contributed by atoms with Crippen LogP contribution < -0.4 is 5.32 Å². The fourth-order valence-electron chi connectivity index (χ4n) is 3.71. The van der Waals surface area contributed by atoms with Crippen molar-refractivity contribution >= 4 is 28.9 Å². The Morgan fingerprint density at radius 2 is 2.19 bits per heavy atom. The molecule has 1 fully saturated rings. The number of fused-ring (bicyclic) bond motifs is 1. The summed E-state index contributed by atoms with van der Waals surface area (Å²) >= 11 is 0. The van der Waals surface area contributed by atoms with E-state index in [1.54, 1.807) is 24.5 Å². The fraction of sp³-hybridized carbons (Fsp3) is 0.350. The van der Waals surface area contributed by atoms with Gasteiger partial charge in [0, 0.05) is 29.9 Å². The molecule has 140 valence electrons. The smallest absolute Gasteiger partial charge is 0.345 e. The number of hydrogen-bond donors (Lipinski definition) is 3. The van der Waals surface area contributed by atoms with Crippen LogP contribution in [0.4, 0.5) is 0 Å². The molecule has 0 spiro atoms. The van der Waals surface area contributed by atoms with Crippen LogP contribution in [0.15, 0.2) is 41.7 Å². The molecule has 2 aromatic rings. The second-order valence-corrected chi connectivity index (χ2v) is 6.98. The number of ketones is 1. The Labute approximate surface area is 156 Å². The first-order chi connectivity index (χ1) is 13.1. The van der Waals surface area contributed by atoms with E-state index in [4.69, 9.17) is 4.74 Å². The van der Waals surface area contributed by atoms with E-state index >= 15 is 0 Å². The highest BCUT2D eigenvalue weighted by molar-refractivity contribution is 6.26. The second kappa shape index (κ2) is 7.26. The van der Waals surface area contributed by atoms with Crippen LogP contribution in [0.25, 0.3) is 17.1 Å². The van der Waals surface area contributed by atoms with Gasteiger partial charge in [0.2, 0.25) is 11.7 Å². The highest BCUT2D eigenvalue weighted by atomic mass is 16.5. The summed E-state index contributed by atoms with van der Waals surface area (Å²) < 4.78 is 5.63. The van der Waals surface area contributed by atoms with Gasteiger partial charge in [-0.05, 0) is 37.0 Å². The van der Waals surface area contributed by atoms with Crippen molar-refractivity contribution in [3.63, 3.8) is 0 Å². The van der Waals surface area contributed by atoms with Crippen molar-refractivity contribution in [1.82, 2.24) is 15.3 Å². The molecule has 4 rings (SSSR count). The lowest BCUT2D eigenvalue weighted by Gasteiger charge is -2.22. The van der Waals surface area contributed by atoms with Crippen LogP contribution in [-0.2, 0) is 14.3 Å². The largest absolute Gasteiger partial charge is 0.477 e. The zero-order chi connectivity index (χ0) is 18.8. The van der Waals surface area contributed by atoms with E-state index < -0.39 is 11.8 Å². The summed E-state index contributed by atoms with van der Waals surface area (Å²) in [5.41, 5.74) is 1.08. The average molecular weight is 367 g/mol. The van der Waals surface area contributed by atoms with Crippen LogP contribution in [0.3, 0.4) is 0 Å². The maximum atomic E-state index is 12.6. The number of carbonyl (C=O) groups is 2. The number of pyridine rings is 1. The molecule has 2 aromatic heterocycles. The van der Waals surface area contributed by atoms with E-state index in [-0.39, 0.29) is 17.2 Å². The lowest BCUT2D eigenvalue weighted by atomic mass is 9.89. The lowest BCUT2D eigenvalue weighted by Crippen LogP contribution is -2.25. The number of carboxylic acids is 1. The molecular formula is C20H21N3O4. The normalized spacial score (nSPS) is 19.7. The molecule has 0 atom stereocenters. The van der Waals surface area contributed by atoms with Crippen LogP contribution in [0.2, 0.25) is 0 Å². The van der Waals surface area contributed by atoms with Crippen LogP contribution in [0.5, 0.6) is 0 Å². The first-order valence-corrected chi connectivity index (χ1v) is 9.21. The molecule has 0 saturated heterocycles. The SMILES string of the molecule is O=C(O)C1=C(NCC2CCCCC2)O/C(=C\c2c[nH]c3ncccc23)C1=O. The monoisotopic (exact) mass is 367 g/mol. The highest BCUT2D eigenvalue weighted by Crippen LogP contribution is 2.29. The summed E-state index contributed by atoms with van der Waals surface area (Å²) in [6, 6.07) is 3.67. The van der Waals surface area contributed by atoms with Crippen molar-refractivity contribution in [2.24, 2.45) is 5.92 Å². The van der Waals surface area contributed by atoms with Gasteiger partial charge in [0.05, 0.1) is 0 Å². The van der Waals surface area contributed by atoms with Crippen molar-refractivity contribution in [1.29, 1.82) is 0 Å². The summed E-state index contributed by atoms with van der Waals surface area (Å²) in [4.78, 5) is 31.4. The minimum atomic E-state index is -1.28. The molecule has 27 heavy (non-hydrogen) atoms. The number of ether oxygens (including phenoxy) is 1. The molecule has 3 heterocycles. The van der Waals surface area contributed by atoms with Crippen LogP contribution in [-0.4, -0.2) is 33.4 Å². The zero-order valence-corrected chi connectivity index (χ0v) is 14.8. The maximum absolute atomic E-state index is 12.6. The molecule has 7 heteroatoms.